The van der Waals surface area contributed by atoms with Gasteiger partial charge in [0.2, 0.25) is 10.0 Å². The molecule has 36 heavy (non-hydrogen) atoms. The smallest absolute Gasteiger partial charge is 0.493 e. The Balaban J connectivity index is 1.84. The molecule has 8 nitrogen and oxygen atoms in total. The molecule has 3 rings (SSSR count). The Hall–Kier alpha value is -3.25. The molecular weight excluding hydrogens is 503 g/mol. The molecule has 0 radical (unpaired) electrons. The highest BCUT2D eigenvalue weighted by atomic mass is 32.2. The molecule has 0 spiro atoms. The van der Waals surface area contributed by atoms with Crippen molar-refractivity contribution in [3.05, 3.63) is 60.2 Å². The average Bonchev–Trinajstić information content (AvgIpc) is 3.25. The minimum absolute atomic E-state index is 0.144. The van der Waals surface area contributed by atoms with Crippen molar-refractivity contribution in [3.63, 3.8) is 0 Å². The van der Waals surface area contributed by atoms with Gasteiger partial charge in [-0.05, 0) is 49.1 Å². The zero-order chi connectivity index (χ0) is 26.5. The van der Waals surface area contributed by atoms with Gasteiger partial charge in [-0.15, -0.1) is 13.2 Å². The van der Waals surface area contributed by atoms with Crippen LogP contribution in [0.5, 0.6) is 17.2 Å². The van der Waals surface area contributed by atoms with Gasteiger partial charge in [0.25, 0.3) is 0 Å². The number of sulfonamides is 1. The number of carbonyl (C=O) groups excluding carboxylic acids is 1. The third-order valence-corrected chi connectivity index (χ3v) is 7.05. The first-order valence-electron chi connectivity index (χ1n) is 10.9. The van der Waals surface area contributed by atoms with Crippen molar-refractivity contribution in [1.82, 2.24) is 4.72 Å². The number of allylic oxidation sites excluding steroid dienone is 1. The molecule has 0 aromatic heterocycles. The van der Waals surface area contributed by atoms with Crippen LogP contribution in [0.15, 0.2) is 59.5 Å². The monoisotopic (exact) mass is 529 g/mol. The SMILES string of the molecule is CCOC(=O)[C@H](c1ccc(OC)c(OC)c1)[C@H]1C=C[C@H](NS(=O)(=O)c2ccccc2OC(F)(F)F)C1. The second-order valence-corrected chi connectivity index (χ2v) is 9.53. The Labute approximate surface area is 207 Å². The van der Waals surface area contributed by atoms with Gasteiger partial charge in [0, 0.05) is 6.04 Å². The van der Waals surface area contributed by atoms with E-state index in [0.29, 0.717) is 17.1 Å². The summed E-state index contributed by atoms with van der Waals surface area (Å²) in [4.78, 5) is 12.2. The molecule has 0 fully saturated rings. The highest BCUT2D eigenvalue weighted by Gasteiger charge is 2.37. The largest absolute Gasteiger partial charge is 0.573 e. The number of methoxy groups -OCH3 is 2. The molecule has 12 heteroatoms. The number of rotatable bonds is 10. The van der Waals surface area contributed by atoms with Crippen LogP contribution in [0, 0.1) is 5.92 Å². The van der Waals surface area contributed by atoms with Gasteiger partial charge in [-0.2, -0.15) is 0 Å². The standard InChI is InChI=1S/C24H26F3NO7S/c1-4-34-23(29)22(16-10-12-18(32-2)20(14-16)33-3)15-9-11-17(13-15)28-36(30,31)21-8-6-5-7-19(21)35-24(25,26)27/h5-12,14-15,17,22,28H,4,13H2,1-3H3/t15-,17-,22-/m0/s1. The summed E-state index contributed by atoms with van der Waals surface area (Å²) in [5.74, 6) is -1.72. The van der Waals surface area contributed by atoms with Crippen molar-refractivity contribution in [2.45, 2.75) is 36.6 Å². The lowest BCUT2D eigenvalue weighted by atomic mass is 9.85. The summed E-state index contributed by atoms with van der Waals surface area (Å²) in [5, 5.41) is 0. The molecule has 0 amide bonds. The van der Waals surface area contributed by atoms with Crippen molar-refractivity contribution in [2.75, 3.05) is 20.8 Å². The van der Waals surface area contributed by atoms with E-state index in [9.17, 15) is 26.4 Å². The molecule has 1 aliphatic rings. The number of carbonyl (C=O) groups is 1. The van der Waals surface area contributed by atoms with E-state index >= 15 is 0 Å². The number of benzene rings is 2. The van der Waals surface area contributed by atoms with Crippen molar-refractivity contribution in [2.24, 2.45) is 5.92 Å². The fourth-order valence-electron chi connectivity index (χ4n) is 4.04. The van der Waals surface area contributed by atoms with Crippen LogP contribution in [-0.2, 0) is 19.6 Å². The molecule has 0 saturated heterocycles. The summed E-state index contributed by atoms with van der Waals surface area (Å²) in [7, 11) is -1.45. The molecule has 3 atom stereocenters. The maximum atomic E-state index is 12.9. The summed E-state index contributed by atoms with van der Waals surface area (Å²) >= 11 is 0. The Bertz CT molecular complexity index is 1210. The molecule has 0 saturated carbocycles. The van der Waals surface area contributed by atoms with Crippen LogP contribution in [-0.4, -0.2) is 47.6 Å². The van der Waals surface area contributed by atoms with Gasteiger partial charge in [-0.3, -0.25) is 4.79 Å². The van der Waals surface area contributed by atoms with Crippen LogP contribution in [0.4, 0.5) is 13.2 Å². The van der Waals surface area contributed by atoms with Crippen molar-refractivity contribution in [3.8, 4) is 17.2 Å². The van der Waals surface area contributed by atoms with Crippen LogP contribution >= 0.6 is 0 Å². The van der Waals surface area contributed by atoms with Gasteiger partial charge in [0.05, 0.1) is 26.7 Å². The first kappa shape index (κ1) is 27.3. The van der Waals surface area contributed by atoms with E-state index < -0.39 is 50.9 Å². The van der Waals surface area contributed by atoms with Crippen molar-refractivity contribution in [1.29, 1.82) is 0 Å². The number of esters is 1. The maximum Gasteiger partial charge on any atom is 0.573 e. The van der Waals surface area contributed by atoms with Gasteiger partial charge in [0.15, 0.2) is 11.5 Å². The van der Waals surface area contributed by atoms with Crippen LogP contribution in [0.25, 0.3) is 0 Å². The summed E-state index contributed by atoms with van der Waals surface area (Å²) in [6, 6.07) is 8.67. The van der Waals surface area contributed by atoms with Crippen LogP contribution in [0.1, 0.15) is 24.8 Å². The zero-order valence-corrected chi connectivity index (χ0v) is 20.6. The Kier molecular flexibility index (Phi) is 8.51. The lowest BCUT2D eigenvalue weighted by Crippen LogP contribution is -2.34. The Morgan fingerprint density at radius 1 is 1.06 bits per heavy atom. The third-order valence-electron chi connectivity index (χ3n) is 5.52. The summed E-state index contributed by atoms with van der Waals surface area (Å²) in [6.45, 7) is 1.82. The molecule has 0 heterocycles. The molecule has 2 aromatic rings. The van der Waals surface area contributed by atoms with Crippen molar-refractivity contribution >= 4 is 16.0 Å². The lowest BCUT2D eigenvalue weighted by molar-refractivity contribution is -0.275. The number of alkyl halides is 3. The predicted molar refractivity (Wildman–Crippen MR) is 123 cm³/mol. The molecule has 1 aliphatic carbocycles. The molecule has 0 aliphatic heterocycles. The number of halogens is 3. The molecular formula is C24H26F3NO7S. The molecule has 196 valence electrons. The van der Waals surface area contributed by atoms with Crippen LogP contribution in [0.2, 0.25) is 0 Å². The summed E-state index contributed by atoms with van der Waals surface area (Å²) < 4.78 is 86.2. The molecule has 0 bridgehead atoms. The molecule has 0 unspecified atom stereocenters. The van der Waals surface area contributed by atoms with Crippen LogP contribution < -0.4 is 18.9 Å². The molecule has 1 N–H and O–H groups in total. The van der Waals surface area contributed by atoms with Gasteiger partial charge in [-0.1, -0.05) is 30.4 Å². The van der Waals surface area contributed by atoms with Gasteiger partial charge >= 0.3 is 12.3 Å². The van der Waals surface area contributed by atoms with E-state index in [-0.39, 0.29) is 13.0 Å². The first-order valence-corrected chi connectivity index (χ1v) is 12.4. The number of ether oxygens (including phenoxy) is 4. The second-order valence-electron chi connectivity index (χ2n) is 7.85. The summed E-state index contributed by atoms with van der Waals surface area (Å²) in [6.07, 6.45) is -1.65. The fraction of sp³-hybridized carbons (Fsp3) is 0.375. The Morgan fingerprint density at radius 3 is 2.39 bits per heavy atom. The minimum atomic E-state index is -5.06. The number of para-hydroxylation sites is 1. The fourth-order valence-corrected chi connectivity index (χ4v) is 5.37. The number of nitrogens with one attached hydrogen (secondary N) is 1. The Morgan fingerprint density at radius 2 is 1.75 bits per heavy atom. The van der Waals surface area contributed by atoms with Gasteiger partial charge in [-0.25, -0.2) is 13.1 Å². The average molecular weight is 530 g/mol. The molecule has 2 aromatic carbocycles. The van der Waals surface area contributed by atoms with Crippen LogP contribution in [0.3, 0.4) is 0 Å². The first-order chi connectivity index (χ1) is 17.0. The topological polar surface area (TPSA) is 100 Å². The van der Waals surface area contributed by atoms with E-state index in [2.05, 4.69) is 9.46 Å². The normalized spacial score (nSPS) is 18.5. The van der Waals surface area contributed by atoms with Gasteiger partial charge < -0.3 is 18.9 Å². The highest BCUT2D eigenvalue weighted by Crippen LogP contribution is 2.39. The number of hydrogen-bond acceptors (Lipinski definition) is 7. The lowest BCUT2D eigenvalue weighted by Gasteiger charge is -2.23. The van der Waals surface area contributed by atoms with E-state index in [1.165, 1.54) is 26.4 Å². The maximum absolute atomic E-state index is 12.9. The highest BCUT2D eigenvalue weighted by molar-refractivity contribution is 7.89. The second kappa shape index (κ2) is 11.2. The third kappa shape index (κ3) is 6.49. The van der Waals surface area contributed by atoms with Gasteiger partial charge in [0.1, 0.15) is 10.6 Å². The predicted octanol–water partition coefficient (Wildman–Crippen LogP) is 4.17. The zero-order valence-electron chi connectivity index (χ0n) is 19.7. The quantitative estimate of drug-likeness (QED) is 0.364. The van der Waals surface area contributed by atoms with E-state index in [1.54, 1.807) is 37.3 Å². The van der Waals surface area contributed by atoms with E-state index in [0.717, 1.165) is 12.1 Å². The number of hydrogen-bond donors (Lipinski definition) is 1. The van der Waals surface area contributed by atoms with Crippen molar-refractivity contribution < 1.29 is 45.3 Å². The summed E-state index contributed by atoms with van der Waals surface area (Å²) in [5.41, 5.74) is 0.577. The minimum Gasteiger partial charge on any atom is -0.493 e. The van der Waals surface area contributed by atoms with E-state index in [1.807, 2.05) is 0 Å². The van der Waals surface area contributed by atoms with E-state index in [4.69, 9.17) is 14.2 Å².